The number of fused-ring (bicyclic) bond motifs is 1. The van der Waals surface area contributed by atoms with Gasteiger partial charge in [0.05, 0.1) is 24.1 Å². The van der Waals surface area contributed by atoms with E-state index in [0.29, 0.717) is 13.0 Å². The lowest BCUT2D eigenvalue weighted by atomic mass is 9.92. The molecule has 10 heteroatoms. The van der Waals surface area contributed by atoms with Crippen LogP contribution < -0.4 is 10.6 Å². The number of allylic oxidation sites excluding steroid dienone is 1. The highest BCUT2D eigenvalue weighted by atomic mass is 16.6. The first kappa shape index (κ1) is 34.1. The predicted molar refractivity (Wildman–Crippen MR) is 166 cm³/mol. The molecule has 3 amide bonds. The third-order valence-electron chi connectivity index (χ3n) is 7.36. The topological polar surface area (TPSA) is 134 Å². The average Bonchev–Trinajstić information content (AvgIpc) is 3.01. The zero-order chi connectivity index (χ0) is 32.1. The maximum Gasteiger partial charge on any atom is 0.408 e. The normalized spacial score (nSPS) is 15.6. The van der Waals surface area contributed by atoms with E-state index in [0.717, 1.165) is 16.7 Å². The Morgan fingerprint density at radius 1 is 1.00 bits per heavy atom. The minimum atomic E-state index is -1.03. The Morgan fingerprint density at radius 3 is 2.32 bits per heavy atom. The average molecular weight is 606 g/mol. The first-order chi connectivity index (χ1) is 21.1. The van der Waals surface area contributed by atoms with Gasteiger partial charge in [0.15, 0.2) is 0 Å². The second-order valence-corrected chi connectivity index (χ2v) is 11.5. The fourth-order valence-electron chi connectivity index (χ4n) is 4.97. The van der Waals surface area contributed by atoms with Gasteiger partial charge in [-0.25, -0.2) is 9.59 Å². The molecule has 0 aromatic heterocycles. The number of aliphatic hydroxyl groups excluding tert-OH is 1. The lowest BCUT2D eigenvalue weighted by Gasteiger charge is -2.37. The van der Waals surface area contributed by atoms with E-state index in [1.165, 1.54) is 6.08 Å². The van der Waals surface area contributed by atoms with Gasteiger partial charge in [-0.2, -0.15) is 0 Å². The number of ether oxygens (including phenoxy) is 2. The second-order valence-electron chi connectivity index (χ2n) is 11.5. The van der Waals surface area contributed by atoms with Crippen molar-refractivity contribution in [3.8, 4) is 0 Å². The van der Waals surface area contributed by atoms with Crippen molar-refractivity contribution in [2.75, 3.05) is 13.2 Å². The van der Waals surface area contributed by atoms with Crippen molar-refractivity contribution in [3.05, 3.63) is 96.6 Å². The Bertz CT molecular complexity index is 1310. The summed E-state index contributed by atoms with van der Waals surface area (Å²) in [6, 6.07) is 15.5. The van der Waals surface area contributed by atoms with Crippen LogP contribution >= 0.6 is 0 Å². The van der Waals surface area contributed by atoms with Crippen molar-refractivity contribution in [2.24, 2.45) is 5.92 Å². The molecule has 0 aliphatic carbocycles. The largest absolute Gasteiger partial charge is 0.462 e. The third kappa shape index (κ3) is 10.1. The molecule has 1 heterocycles. The maximum absolute atomic E-state index is 13.4. The smallest absolute Gasteiger partial charge is 0.408 e. The highest BCUT2D eigenvalue weighted by Gasteiger charge is 2.34. The fraction of sp³-hybridized carbons (Fsp3) is 0.412. The standard InChI is InChI=1S/C34H43N3O7/c1-5-12-26(19-30(39)37-20-27-17-11-10-16-25(27)18-28(37)21-38)31(40)36-34(3,4)23-44-32(41)29(13-6-2)35-33(42)43-22-24-14-8-7-9-15-24/h5-11,14-17,26,28-29,38H,1-2,12-13,18-23H2,3-4H3,(H,35,42)(H,36,40)/t26-,28-,29+/m0/s1. The van der Waals surface area contributed by atoms with Gasteiger partial charge in [-0.15, -0.1) is 13.2 Å². The Morgan fingerprint density at radius 2 is 1.66 bits per heavy atom. The van der Waals surface area contributed by atoms with Gasteiger partial charge >= 0.3 is 12.1 Å². The molecule has 0 saturated heterocycles. The molecule has 1 aliphatic heterocycles. The van der Waals surface area contributed by atoms with Crippen LogP contribution in [-0.2, 0) is 43.4 Å². The number of rotatable bonds is 15. The first-order valence-electron chi connectivity index (χ1n) is 14.7. The number of alkyl carbamates (subject to hydrolysis) is 1. The van der Waals surface area contributed by atoms with Crippen molar-refractivity contribution < 1.29 is 33.8 Å². The minimum absolute atomic E-state index is 0.0433. The molecule has 3 atom stereocenters. The SMILES string of the molecule is C=CC[C@@H](CC(=O)N1Cc2ccccc2C[C@H]1CO)C(=O)NC(C)(C)COC(=O)[C@@H](CC=C)NC(=O)OCc1ccccc1. The molecule has 0 bridgehead atoms. The van der Waals surface area contributed by atoms with E-state index in [4.69, 9.17) is 9.47 Å². The molecular formula is C34H43N3O7. The molecule has 3 N–H and O–H groups in total. The highest BCUT2D eigenvalue weighted by molar-refractivity contribution is 5.87. The monoisotopic (exact) mass is 605 g/mol. The summed E-state index contributed by atoms with van der Waals surface area (Å²) in [5.41, 5.74) is 1.93. The van der Waals surface area contributed by atoms with Gasteiger partial charge in [0.1, 0.15) is 19.3 Å². The lowest BCUT2D eigenvalue weighted by molar-refractivity contribution is -0.149. The van der Waals surface area contributed by atoms with Gasteiger partial charge in [0.25, 0.3) is 0 Å². The number of carbonyl (C=O) groups excluding carboxylic acids is 4. The van der Waals surface area contributed by atoms with E-state index in [1.54, 1.807) is 24.8 Å². The summed E-state index contributed by atoms with van der Waals surface area (Å²) in [7, 11) is 0. The van der Waals surface area contributed by atoms with Crippen molar-refractivity contribution in [3.63, 3.8) is 0 Å². The molecular weight excluding hydrogens is 562 g/mol. The molecule has 2 aromatic rings. The Kier molecular flexibility index (Phi) is 12.7. The van der Waals surface area contributed by atoms with E-state index >= 15 is 0 Å². The number of esters is 1. The summed E-state index contributed by atoms with van der Waals surface area (Å²) in [5, 5.41) is 15.3. The summed E-state index contributed by atoms with van der Waals surface area (Å²) in [6.07, 6.45) is 3.15. The van der Waals surface area contributed by atoms with E-state index < -0.39 is 29.6 Å². The molecule has 44 heavy (non-hydrogen) atoms. The predicted octanol–water partition coefficient (Wildman–Crippen LogP) is 3.82. The number of aliphatic hydroxyl groups is 1. The van der Waals surface area contributed by atoms with Crippen LogP contribution in [0, 0.1) is 5.92 Å². The van der Waals surface area contributed by atoms with Gasteiger partial charge in [-0.1, -0.05) is 66.7 Å². The number of carbonyl (C=O) groups is 4. The van der Waals surface area contributed by atoms with Gasteiger partial charge in [0.2, 0.25) is 11.8 Å². The van der Waals surface area contributed by atoms with Crippen LogP contribution in [0.5, 0.6) is 0 Å². The van der Waals surface area contributed by atoms with Gasteiger partial charge in [0, 0.05) is 13.0 Å². The lowest BCUT2D eigenvalue weighted by Crippen LogP contribution is -2.52. The molecule has 2 aromatic carbocycles. The zero-order valence-corrected chi connectivity index (χ0v) is 25.5. The van der Waals surface area contributed by atoms with Crippen LogP contribution in [0.2, 0.25) is 0 Å². The number of hydrogen-bond donors (Lipinski definition) is 3. The van der Waals surface area contributed by atoms with Crippen LogP contribution in [0.3, 0.4) is 0 Å². The summed E-state index contributed by atoms with van der Waals surface area (Å²) >= 11 is 0. The number of benzene rings is 2. The first-order valence-corrected chi connectivity index (χ1v) is 14.7. The molecule has 0 fully saturated rings. The minimum Gasteiger partial charge on any atom is -0.462 e. The van der Waals surface area contributed by atoms with Crippen molar-refractivity contribution in [1.29, 1.82) is 0 Å². The summed E-state index contributed by atoms with van der Waals surface area (Å²) in [4.78, 5) is 53.5. The quantitative estimate of drug-likeness (QED) is 0.208. The van der Waals surface area contributed by atoms with Crippen LogP contribution in [0.25, 0.3) is 0 Å². The van der Waals surface area contributed by atoms with E-state index in [-0.39, 0.29) is 56.9 Å². The number of amides is 3. The van der Waals surface area contributed by atoms with Gasteiger partial charge < -0.3 is 30.1 Å². The summed E-state index contributed by atoms with van der Waals surface area (Å²) in [6.45, 7) is 10.8. The molecule has 0 spiro atoms. The number of hydrogen-bond acceptors (Lipinski definition) is 7. The molecule has 0 unspecified atom stereocenters. The summed E-state index contributed by atoms with van der Waals surface area (Å²) < 4.78 is 10.7. The highest BCUT2D eigenvalue weighted by Crippen LogP contribution is 2.25. The second kappa shape index (κ2) is 16.4. The molecule has 10 nitrogen and oxygen atoms in total. The molecule has 3 rings (SSSR count). The van der Waals surface area contributed by atoms with Crippen molar-refractivity contribution in [2.45, 2.75) is 70.3 Å². The molecule has 0 saturated carbocycles. The van der Waals surface area contributed by atoms with Gasteiger partial charge in [-0.05, 0) is 49.8 Å². The fourth-order valence-corrected chi connectivity index (χ4v) is 4.97. The van der Waals surface area contributed by atoms with E-state index in [9.17, 15) is 24.3 Å². The van der Waals surface area contributed by atoms with Crippen molar-refractivity contribution in [1.82, 2.24) is 15.5 Å². The van der Waals surface area contributed by atoms with Crippen LogP contribution in [0.1, 0.15) is 49.8 Å². The van der Waals surface area contributed by atoms with E-state index in [1.807, 2.05) is 54.6 Å². The van der Waals surface area contributed by atoms with E-state index in [2.05, 4.69) is 23.8 Å². The molecule has 0 radical (unpaired) electrons. The Hall–Kier alpha value is -4.44. The van der Waals surface area contributed by atoms with Gasteiger partial charge in [-0.3, -0.25) is 9.59 Å². The van der Waals surface area contributed by atoms with Crippen LogP contribution in [0.4, 0.5) is 4.79 Å². The Labute approximate surface area is 259 Å². The maximum atomic E-state index is 13.4. The Balaban J connectivity index is 1.55. The molecule has 1 aliphatic rings. The third-order valence-corrected chi connectivity index (χ3v) is 7.36. The van der Waals surface area contributed by atoms with Crippen molar-refractivity contribution >= 4 is 23.9 Å². The zero-order valence-electron chi connectivity index (χ0n) is 25.5. The van der Waals surface area contributed by atoms with Crippen LogP contribution in [0.15, 0.2) is 79.9 Å². The number of nitrogens with one attached hydrogen (secondary N) is 2. The molecule has 236 valence electrons. The summed E-state index contributed by atoms with van der Waals surface area (Å²) in [5.74, 6) is -2.03. The van der Waals surface area contributed by atoms with Crippen LogP contribution in [-0.4, -0.2) is 64.7 Å². The number of nitrogens with zero attached hydrogens (tertiary/aromatic N) is 1.